The quantitative estimate of drug-likeness (QED) is 0.690. The Morgan fingerprint density at radius 1 is 1.17 bits per heavy atom. The van der Waals surface area contributed by atoms with E-state index in [-0.39, 0.29) is 17.4 Å². The zero-order chi connectivity index (χ0) is 13.4. The lowest BCUT2D eigenvalue weighted by molar-refractivity contribution is -0.127. The van der Waals surface area contributed by atoms with Crippen molar-refractivity contribution in [1.29, 1.82) is 0 Å². The monoisotopic (exact) mass is 273 g/mol. The van der Waals surface area contributed by atoms with Crippen molar-refractivity contribution in [3.63, 3.8) is 0 Å². The van der Waals surface area contributed by atoms with Gasteiger partial charge in [-0.2, -0.15) is 0 Å². The van der Waals surface area contributed by atoms with Gasteiger partial charge in [0.05, 0.1) is 5.54 Å². The average molecular weight is 274 g/mol. The molecule has 3 heteroatoms. The molecule has 0 spiro atoms. The molecule has 106 valence electrons. The fourth-order valence-corrected chi connectivity index (χ4v) is 3.32. The Kier molecular flexibility index (Phi) is 7.06. The number of halogens is 1. The molecule has 0 heterocycles. The first-order chi connectivity index (χ1) is 8.67. The SMILES string of the molecule is CCCC(CCC)C(=O)NC1(CCl)CCCCC1. The van der Waals surface area contributed by atoms with Gasteiger partial charge in [-0.3, -0.25) is 4.79 Å². The maximum Gasteiger partial charge on any atom is 0.223 e. The summed E-state index contributed by atoms with van der Waals surface area (Å²) in [5, 5.41) is 3.28. The van der Waals surface area contributed by atoms with Gasteiger partial charge in [0, 0.05) is 11.8 Å². The predicted molar refractivity (Wildman–Crippen MR) is 78.0 cm³/mol. The summed E-state index contributed by atoms with van der Waals surface area (Å²) in [7, 11) is 0. The van der Waals surface area contributed by atoms with Gasteiger partial charge < -0.3 is 5.32 Å². The third-order valence-electron chi connectivity index (χ3n) is 4.10. The van der Waals surface area contributed by atoms with Gasteiger partial charge in [-0.25, -0.2) is 0 Å². The van der Waals surface area contributed by atoms with E-state index in [1.54, 1.807) is 0 Å². The third kappa shape index (κ3) is 4.46. The van der Waals surface area contributed by atoms with Crippen LogP contribution in [-0.2, 0) is 4.79 Å². The first-order valence-corrected chi connectivity index (χ1v) is 8.09. The van der Waals surface area contributed by atoms with Crippen LogP contribution in [-0.4, -0.2) is 17.3 Å². The molecule has 0 atom stereocenters. The molecule has 1 fully saturated rings. The molecule has 1 rings (SSSR count). The minimum Gasteiger partial charge on any atom is -0.349 e. The van der Waals surface area contributed by atoms with E-state index >= 15 is 0 Å². The van der Waals surface area contributed by atoms with Crippen LogP contribution in [0.4, 0.5) is 0 Å². The van der Waals surface area contributed by atoms with Crippen molar-refractivity contribution >= 4 is 17.5 Å². The molecule has 0 bridgehead atoms. The van der Waals surface area contributed by atoms with Crippen molar-refractivity contribution in [3.05, 3.63) is 0 Å². The van der Waals surface area contributed by atoms with Crippen molar-refractivity contribution in [2.24, 2.45) is 5.92 Å². The van der Waals surface area contributed by atoms with E-state index in [1.807, 2.05) is 0 Å². The maximum absolute atomic E-state index is 12.4. The molecular weight excluding hydrogens is 246 g/mol. The summed E-state index contributed by atoms with van der Waals surface area (Å²) < 4.78 is 0. The van der Waals surface area contributed by atoms with Crippen LogP contribution >= 0.6 is 11.6 Å². The Balaban J connectivity index is 2.58. The number of alkyl halides is 1. The summed E-state index contributed by atoms with van der Waals surface area (Å²) in [6.07, 6.45) is 9.91. The van der Waals surface area contributed by atoms with E-state index < -0.39 is 0 Å². The van der Waals surface area contributed by atoms with E-state index in [4.69, 9.17) is 11.6 Å². The first-order valence-electron chi connectivity index (χ1n) is 7.55. The van der Waals surface area contributed by atoms with Crippen molar-refractivity contribution in [2.75, 3.05) is 5.88 Å². The molecule has 0 unspecified atom stereocenters. The fourth-order valence-electron chi connectivity index (χ4n) is 2.99. The van der Waals surface area contributed by atoms with E-state index in [2.05, 4.69) is 19.2 Å². The molecule has 0 aromatic carbocycles. The zero-order valence-corrected chi connectivity index (χ0v) is 12.7. The van der Waals surface area contributed by atoms with Gasteiger partial charge in [-0.05, 0) is 25.7 Å². The molecule has 0 aromatic rings. The maximum atomic E-state index is 12.4. The number of amides is 1. The van der Waals surface area contributed by atoms with E-state index in [0.29, 0.717) is 5.88 Å². The van der Waals surface area contributed by atoms with Crippen LogP contribution in [0.5, 0.6) is 0 Å². The highest BCUT2D eigenvalue weighted by Gasteiger charge is 2.34. The highest BCUT2D eigenvalue weighted by Crippen LogP contribution is 2.30. The second kappa shape index (κ2) is 8.04. The molecule has 0 aromatic heterocycles. The van der Waals surface area contributed by atoms with Gasteiger partial charge in [-0.1, -0.05) is 46.0 Å². The smallest absolute Gasteiger partial charge is 0.223 e. The lowest BCUT2D eigenvalue weighted by Crippen LogP contribution is -2.53. The van der Waals surface area contributed by atoms with Crippen molar-refractivity contribution < 1.29 is 4.79 Å². The normalized spacial score (nSPS) is 18.9. The summed E-state index contributed by atoms with van der Waals surface area (Å²) in [5.41, 5.74) is -0.114. The van der Waals surface area contributed by atoms with Gasteiger partial charge in [-0.15, -0.1) is 11.6 Å². The summed E-state index contributed by atoms with van der Waals surface area (Å²) in [4.78, 5) is 12.4. The van der Waals surface area contributed by atoms with Crippen LogP contribution in [0.2, 0.25) is 0 Å². The zero-order valence-electron chi connectivity index (χ0n) is 11.9. The minimum absolute atomic E-state index is 0.114. The van der Waals surface area contributed by atoms with Gasteiger partial charge in [0.25, 0.3) is 0 Å². The first kappa shape index (κ1) is 15.8. The number of carbonyl (C=O) groups is 1. The van der Waals surface area contributed by atoms with Crippen LogP contribution in [0.15, 0.2) is 0 Å². The van der Waals surface area contributed by atoms with Crippen molar-refractivity contribution in [1.82, 2.24) is 5.32 Å². The van der Waals surface area contributed by atoms with Gasteiger partial charge in [0.2, 0.25) is 5.91 Å². The van der Waals surface area contributed by atoms with Crippen molar-refractivity contribution in [3.8, 4) is 0 Å². The largest absolute Gasteiger partial charge is 0.349 e. The summed E-state index contributed by atoms with van der Waals surface area (Å²) in [5.74, 6) is 0.979. The second-order valence-corrected chi connectivity index (χ2v) is 6.01. The van der Waals surface area contributed by atoms with Crippen LogP contribution in [0.1, 0.15) is 71.6 Å². The Morgan fingerprint density at radius 2 is 1.72 bits per heavy atom. The Labute approximate surface area is 117 Å². The lowest BCUT2D eigenvalue weighted by Gasteiger charge is -2.37. The van der Waals surface area contributed by atoms with Gasteiger partial charge >= 0.3 is 0 Å². The van der Waals surface area contributed by atoms with E-state index in [1.165, 1.54) is 19.3 Å². The highest BCUT2D eigenvalue weighted by atomic mass is 35.5. The van der Waals surface area contributed by atoms with Crippen LogP contribution < -0.4 is 5.32 Å². The highest BCUT2D eigenvalue weighted by molar-refractivity contribution is 6.18. The second-order valence-electron chi connectivity index (χ2n) is 5.74. The fraction of sp³-hybridized carbons (Fsp3) is 0.933. The molecule has 1 N–H and O–H groups in total. The van der Waals surface area contributed by atoms with Crippen LogP contribution in [0.25, 0.3) is 0 Å². The molecule has 18 heavy (non-hydrogen) atoms. The predicted octanol–water partition coefficient (Wildman–Crippen LogP) is 4.26. The van der Waals surface area contributed by atoms with E-state index in [0.717, 1.165) is 38.5 Å². The summed E-state index contributed by atoms with van der Waals surface area (Å²) >= 11 is 6.13. The molecule has 1 aliphatic rings. The summed E-state index contributed by atoms with van der Waals surface area (Å²) in [6.45, 7) is 4.29. The minimum atomic E-state index is -0.114. The topological polar surface area (TPSA) is 29.1 Å². The molecule has 1 aliphatic carbocycles. The van der Waals surface area contributed by atoms with Gasteiger partial charge in [0.1, 0.15) is 0 Å². The van der Waals surface area contributed by atoms with Crippen LogP contribution in [0, 0.1) is 5.92 Å². The molecule has 0 saturated heterocycles. The van der Waals surface area contributed by atoms with Gasteiger partial charge in [0.15, 0.2) is 0 Å². The lowest BCUT2D eigenvalue weighted by atomic mass is 9.82. The van der Waals surface area contributed by atoms with Crippen molar-refractivity contribution in [2.45, 2.75) is 77.2 Å². The number of hydrogen-bond donors (Lipinski definition) is 1. The molecular formula is C15H28ClNO. The Bertz CT molecular complexity index is 243. The third-order valence-corrected chi connectivity index (χ3v) is 4.61. The van der Waals surface area contributed by atoms with Crippen LogP contribution in [0.3, 0.4) is 0 Å². The number of hydrogen-bond acceptors (Lipinski definition) is 1. The summed E-state index contributed by atoms with van der Waals surface area (Å²) in [6, 6.07) is 0. The number of carbonyl (C=O) groups excluding carboxylic acids is 1. The number of rotatable bonds is 7. The van der Waals surface area contributed by atoms with E-state index in [9.17, 15) is 4.79 Å². The molecule has 0 radical (unpaired) electrons. The Hall–Kier alpha value is -0.240. The molecule has 1 amide bonds. The standard InChI is InChI=1S/C15H28ClNO/c1-3-8-13(9-4-2)14(18)17-15(12-16)10-6-5-7-11-15/h13H,3-12H2,1-2H3,(H,17,18). The average Bonchev–Trinajstić information content (AvgIpc) is 2.39. The molecule has 0 aliphatic heterocycles. The molecule has 1 saturated carbocycles. The number of nitrogens with one attached hydrogen (secondary N) is 1. The molecule has 2 nitrogen and oxygen atoms in total. The Morgan fingerprint density at radius 3 is 2.17 bits per heavy atom.